The average Bonchev–Trinajstić information content (AvgIpc) is 4.11. The predicted molar refractivity (Wildman–Crippen MR) is 224 cm³/mol. The number of alkyl carbamates (subject to hydrolysis) is 1. The van der Waals surface area contributed by atoms with Crippen LogP contribution in [0.1, 0.15) is 79.4 Å². The second-order valence-corrected chi connectivity index (χ2v) is 15.6. The van der Waals surface area contributed by atoms with E-state index in [4.69, 9.17) is 14.7 Å². The van der Waals surface area contributed by atoms with E-state index < -0.39 is 12.1 Å². The van der Waals surface area contributed by atoms with Gasteiger partial charge in [-0.05, 0) is 80.1 Å². The third kappa shape index (κ3) is 7.20. The fourth-order valence-electron chi connectivity index (χ4n) is 8.81. The third-order valence-electron chi connectivity index (χ3n) is 12.0. The molecule has 0 unspecified atom stereocenters. The van der Waals surface area contributed by atoms with Crippen LogP contribution in [0.15, 0.2) is 97.1 Å². The van der Waals surface area contributed by atoms with Crippen molar-refractivity contribution >= 4 is 63.2 Å². The minimum atomic E-state index is -0.940. The molecule has 5 heterocycles. The maximum atomic E-state index is 14.0. The molecule has 15 heteroatoms. The number of fused-ring (bicyclic) bond motifs is 2. The number of piperazine rings is 1. The maximum absolute atomic E-state index is 14.0. The number of carbonyl (C=O) groups excluding carboxylic acids is 5. The summed E-state index contributed by atoms with van der Waals surface area (Å²) in [6.45, 7) is 2.76. The van der Waals surface area contributed by atoms with Crippen molar-refractivity contribution in [1.82, 2.24) is 35.1 Å². The lowest BCUT2D eigenvalue weighted by atomic mass is 9.99. The highest BCUT2D eigenvalue weighted by atomic mass is 16.5. The molecule has 3 fully saturated rings. The van der Waals surface area contributed by atoms with Crippen LogP contribution in [0.5, 0.6) is 0 Å². The van der Waals surface area contributed by atoms with E-state index in [1.165, 1.54) is 16.9 Å². The van der Waals surface area contributed by atoms with Gasteiger partial charge < -0.3 is 39.6 Å². The van der Waals surface area contributed by atoms with Crippen LogP contribution in [-0.4, -0.2) is 92.7 Å². The van der Waals surface area contributed by atoms with E-state index >= 15 is 0 Å². The summed E-state index contributed by atoms with van der Waals surface area (Å²) in [5.41, 5.74) is 5.46. The zero-order chi connectivity index (χ0) is 41.5. The molecule has 0 spiro atoms. The van der Waals surface area contributed by atoms with Gasteiger partial charge in [-0.1, -0.05) is 60.7 Å². The Bertz CT molecular complexity index is 2610. The number of nitrogens with one attached hydrogen (secondary N) is 3. The third-order valence-corrected chi connectivity index (χ3v) is 12.0. The van der Waals surface area contributed by atoms with Gasteiger partial charge in [0.2, 0.25) is 17.7 Å². The van der Waals surface area contributed by atoms with E-state index in [2.05, 4.69) is 15.3 Å². The molecule has 0 radical (unpaired) electrons. The van der Waals surface area contributed by atoms with Crippen LogP contribution in [0.3, 0.4) is 0 Å². The highest BCUT2D eigenvalue weighted by molar-refractivity contribution is 6.13. The first-order valence-electron chi connectivity index (χ1n) is 20.3. The Balaban J connectivity index is 0.893. The van der Waals surface area contributed by atoms with E-state index in [9.17, 15) is 24.0 Å². The van der Waals surface area contributed by atoms with Gasteiger partial charge >= 0.3 is 6.09 Å². The molecule has 4 atom stereocenters. The van der Waals surface area contributed by atoms with E-state index in [-0.39, 0.29) is 54.7 Å². The van der Waals surface area contributed by atoms with Crippen LogP contribution < -0.4 is 15.1 Å². The summed E-state index contributed by atoms with van der Waals surface area (Å²) in [6, 6.07) is 28.2. The number of benzene rings is 4. The van der Waals surface area contributed by atoms with Crippen molar-refractivity contribution in [2.24, 2.45) is 0 Å². The molecule has 3 saturated heterocycles. The van der Waals surface area contributed by atoms with Crippen LogP contribution in [0.2, 0.25) is 0 Å². The minimum Gasteiger partial charge on any atom is -0.453 e. The Morgan fingerprint density at radius 1 is 0.683 bits per heavy atom. The Morgan fingerprint density at radius 3 is 1.67 bits per heavy atom. The summed E-state index contributed by atoms with van der Waals surface area (Å²) >= 11 is 0. The fourth-order valence-corrected chi connectivity index (χ4v) is 8.81. The molecule has 0 bridgehead atoms. The first-order valence-corrected chi connectivity index (χ1v) is 20.3. The number of likely N-dealkylation sites (tertiary alicyclic amines) is 2. The number of hydrogen-bond acceptors (Lipinski definition) is 8. The summed E-state index contributed by atoms with van der Waals surface area (Å²) in [5, 5.41) is 2.69. The first kappa shape index (κ1) is 38.5. The average molecular weight is 808 g/mol. The van der Waals surface area contributed by atoms with Crippen LogP contribution in [0, 0.1) is 0 Å². The molecule has 4 aromatic carbocycles. The van der Waals surface area contributed by atoms with Crippen molar-refractivity contribution in [2.75, 3.05) is 43.1 Å². The molecule has 15 nitrogen and oxygen atoms in total. The van der Waals surface area contributed by atoms with Gasteiger partial charge in [-0.2, -0.15) is 0 Å². The van der Waals surface area contributed by atoms with Crippen LogP contribution in [0.4, 0.5) is 16.2 Å². The van der Waals surface area contributed by atoms with E-state index in [0.29, 0.717) is 59.1 Å². The minimum absolute atomic E-state index is 0.0646. The number of amides is 5. The number of methoxy groups -OCH3 is 1. The van der Waals surface area contributed by atoms with Gasteiger partial charge in [0.15, 0.2) is 0 Å². The van der Waals surface area contributed by atoms with Crippen molar-refractivity contribution in [3.05, 3.63) is 120 Å². The normalized spacial score (nSPS) is 19.3. The van der Waals surface area contributed by atoms with E-state index in [1.807, 2.05) is 84.6 Å². The number of nitrogens with zero attached hydrogens (tertiary/aromatic N) is 6. The molecule has 3 N–H and O–H groups in total. The topological polar surface area (TPSA) is 177 Å². The van der Waals surface area contributed by atoms with E-state index in [0.717, 1.165) is 35.9 Å². The Hall–Kier alpha value is -7.03. The lowest BCUT2D eigenvalue weighted by Crippen LogP contribution is -2.54. The summed E-state index contributed by atoms with van der Waals surface area (Å²) in [6.07, 6.45) is 2.39. The Kier molecular flexibility index (Phi) is 10.2. The number of anilines is 2. The standard InChI is InChI=1S/C45H45N9O6/c1-27(28-11-5-3-6-12-28)43(57)51-21-9-15-36(51)41-46-32-19-17-30(23-34(32)48-41)53-25-39(56)54(26-38(53)55)31-18-20-33-35(24-31)49-42(47-33)37-16-10-22-52(37)44(58)40(50-45(59)60-2)29-13-7-4-8-14-29/h3-8,11-14,17-20,23-24,27,36-37,40H,9-10,15-16,21-22,25-26H2,1-2H3,(H,46,48)(H,47,49)(H,50,59)/t27-,36+,37+,40-/m1/s1. The number of rotatable bonds is 9. The lowest BCUT2D eigenvalue weighted by molar-refractivity contribution is -0.135. The molecule has 3 aliphatic rings. The van der Waals surface area contributed by atoms with Gasteiger partial charge in [-0.3, -0.25) is 19.2 Å². The molecular formula is C45H45N9O6. The van der Waals surface area contributed by atoms with Gasteiger partial charge in [0.25, 0.3) is 5.91 Å². The van der Waals surface area contributed by atoms with Crippen molar-refractivity contribution in [2.45, 2.75) is 56.7 Å². The van der Waals surface area contributed by atoms with Crippen LogP contribution in [-0.2, 0) is 23.9 Å². The van der Waals surface area contributed by atoms with E-state index in [1.54, 1.807) is 29.2 Å². The summed E-state index contributed by atoms with van der Waals surface area (Å²) in [4.78, 5) is 90.4. The molecule has 9 rings (SSSR count). The van der Waals surface area contributed by atoms with Gasteiger partial charge in [0.1, 0.15) is 30.8 Å². The van der Waals surface area contributed by atoms with Crippen LogP contribution in [0.25, 0.3) is 22.1 Å². The van der Waals surface area contributed by atoms with Crippen molar-refractivity contribution < 1.29 is 28.7 Å². The maximum Gasteiger partial charge on any atom is 0.407 e. The fraction of sp³-hybridized carbons (Fsp3) is 0.311. The Labute approximate surface area is 345 Å². The lowest BCUT2D eigenvalue weighted by Gasteiger charge is -2.33. The second-order valence-electron chi connectivity index (χ2n) is 15.6. The number of carbonyl (C=O) groups is 5. The zero-order valence-corrected chi connectivity index (χ0v) is 33.3. The van der Waals surface area contributed by atoms with Gasteiger partial charge in [-0.15, -0.1) is 0 Å². The molecule has 3 aliphatic heterocycles. The van der Waals surface area contributed by atoms with Crippen molar-refractivity contribution in [3.63, 3.8) is 0 Å². The number of hydrogen-bond donors (Lipinski definition) is 3. The summed E-state index contributed by atoms with van der Waals surface area (Å²) < 4.78 is 4.82. The second kappa shape index (κ2) is 16.0. The van der Waals surface area contributed by atoms with Crippen molar-refractivity contribution in [3.8, 4) is 0 Å². The first-order chi connectivity index (χ1) is 29.2. The summed E-state index contributed by atoms with van der Waals surface area (Å²) in [7, 11) is 1.26. The van der Waals surface area contributed by atoms with Crippen molar-refractivity contribution in [1.29, 1.82) is 0 Å². The highest BCUT2D eigenvalue weighted by Crippen LogP contribution is 2.37. The molecule has 306 valence electrons. The molecular weight excluding hydrogens is 763 g/mol. The molecule has 60 heavy (non-hydrogen) atoms. The smallest absolute Gasteiger partial charge is 0.407 e. The van der Waals surface area contributed by atoms with Gasteiger partial charge in [-0.25, -0.2) is 14.8 Å². The zero-order valence-electron chi connectivity index (χ0n) is 33.3. The van der Waals surface area contributed by atoms with Gasteiger partial charge in [0.05, 0.1) is 47.2 Å². The largest absolute Gasteiger partial charge is 0.453 e. The summed E-state index contributed by atoms with van der Waals surface area (Å²) in [5.74, 6) is 0.315. The number of imidazole rings is 2. The van der Waals surface area contributed by atoms with Crippen LogP contribution >= 0.6 is 0 Å². The molecule has 0 aliphatic carbocycles. The Morgan fingerprint density at radius 2 is 1.17 bits per heavy atom. The number of H-pyrrole nitrogens is 2. The highest BCUT2D eigenvalue weighted by Gasteiger charge is 2.38. The molecule has 6 aromatic rings. The number of ether oxygens (including phenoxy) is 1. The quantitative estimate of drug-likeness (QED) is 0.158. The molecule has 0 saturated carbocycles. The molecule has 5 amide bonds. The molecule has 2 aromatic heterocycles. The predicted octanol–water partition coefficient (Wildman–Crippen LogP) is 6.05. The number of aromatic amines is 2. The van der Waals surface area contributed by atoms with Gasteiger partial charge in [0, 0.05) is 24.5 Å². The monoisotopic (exact) mass is 807 g/mol. The SMILES string of the molecule is COC(=O)N[C@@H](C(=O)N1CCC[C@H]1c1nc2cc(N3CC(=O)N(c4ccc5[nH]c([C@@H]6CCCN6C(=O)[C@H](C)c6ccccc6)nc5c4)CC3=O)ccc2[nH]1)c1ccccc1. The number of aromatic nitrogens is 4.